The molecule has 0 bridgehead atoms. The van der Waals surface area contributed by atoms with E-state index in [4.69, 9.17) is 5.11 Å². The van der Waals surface area contributed by atoms with Crippen LogP contribution in [0.4, 0.5) is 13.2 Å². The third-order valence-corrected chi connectivity index (χ3v) is 2.38. The van der Waals surface area contributed by atoms with Crippen molar-refractivity contribution in [3.63, 3.8) is 0 Å². The van der Waals surface area contributed by atoms with Crippen molar-refractivity contribution in [2.45, 2.75) is 25.6 Å². The van der Waals surface area contributed by atoms with Crippen LogP contribution in [0.5, 0.6) is 0 Å². The van der Waals surface area contributed by atoms with Gasteiger partial charge < -0.3 is 5.11 Å². The zero-order valence-electron chi connectivity index (χ0n) is 9.83. The molecule has 2 rings (SSSR count). The molecule has 0 saturated heterocycles. The zero-order valence-corrected chi connectivity index (χ0v) is 9.83. The lowest BCUT2D eigenvalue weighted by atomic mass is 10.3. The normalized spacial score (nSPS) is 11.9. The van der Waals surface area contributed by atoms with Gasteiger partial charge in [0.25, 0.3) is 5.78 Å². The molecule has 2 heterocycles. The van der Waals surface area contributed by atoms with E-state index in [9.17, 15) is 22.8 Å². The van der Waals surface area contributed by atoms with Crippen LogP contribution >= 0.6 is 0 Å². The predicted octanol–water partition coefficient (Wildman–Crippen LogP) is 0.327. The molecule has 2 aromatic heterocycles. The molecule has 11 heteroatoms. The van der Waals surface area contributed by atoms with Crippen molar-refractivity contribution in [3.8, 4) is 0 Å². The van der Waals surface area contributed by atoms with Gasteiger partial charge in [-0.05, 0) is 6.42 Å². The van der Waals surface area contributed by atoms with Crippen LogP contribution in [0.15, 0.2) is 11.1 Å². The minimum atomic E-state index is -4.28. The first kappa shape index (κ1) is 14.0. The van der Waals surface area contributed by atoms with Gasteiger partial charge in [0.15, 0.2) is 0 Å². The summed E-state index contributed by atoms with van der Waals surface area (Å²) in [6.45, 7) is -0.115. The molecule has 0 saturated carbocycles. The Morgan fingerprint density at radius 3 is 2.70 bits per heavy atom. The van der Waals surface area contributed by atoms with E-state index < -0.39 is 29.8 Å². The van der Waals surface area contributed by atoms with Gasteiger partial charge in [-0.3, -0.25) is 4.79 Å². The number of carboxylic acids is 1. The standard InChI is InChI=1S/C9H8F3N5O3/c10-9(11,12)2-1-3-16-8-14-6(18)5(7(19)20)15-17(8)4-13-16/h4H,1-3H2,(H,19,20). The molecule has 0 fully saturated rings. The molecular weight excluding hydrogens is 283 g/mol. The number of carbonyl (C=O) groups is 1. The lowest BCUT2D eigenvalue weighted by Gasteiger charge is -2.05. The second kappa shape index (κ2) is 4.90. The van der Waals surface area contributed by atoms with Crippen LogP contribution in [-0.2, 0) is 6.54 Å². The molecule has 2 aromatic rings. The Balaban J connectivity index is 2.26. The summed E-state index contributed by atoms with van der Waals surface area (Å²) in [5.41, 5.74) is -1.85. The largest absolute Gasteiger partial charge is 0.476 e. The van der Waals surface area contributed by atoms with Crippen LogP contribution in [0.25, 0.3) is 5.78 Å². The Labute approximate surface area is 108 Å². The number of halogens is 3. The first-order valence-electron chi connectivity index (χ1n) is 5.40. The number of hydrogen-bond acceptors (Lipinski definition) is 5. The number of aromatic carboxylic acids is 1. The van der Waals surface area contributed by atoms with E-state index in [2.05, 4.69) is 15.2 Å². The van der Waals surface area contributed by atoms with Crippen LogP contribution in [0.2, 0.25) is 0 Å². The van der Waals surface area contributed by atoms with Gasteiger partial charge in [0.1, 0.15) is 6.33 Å². The van der Waals surface area contributed by atoms with E-state index in [1.54, 1.807) is 0 Å². The van der Waals surface area contributed by atoms with Gasteiger partial charge in [0.05, 0.1) is 0 Å². The van der Waals surface area contributed by atoms with Gasteiger partial charge in [0.2, 0.25) is 5.69 Å². The highest BCUT2D eigenvalue weighted by Crippen LogP contribution is 2.21. The molecule has 0 amide bonds. The molecule has 0 aliphatic rings. The topological polar surface area (TPSA) is 102 Å². The van der Waals surface area contributed by atoms with E-state index in [0.717, 1.165) is 15.5 Å². The number of rotatable bonds is 4. The molecule has 108 valence electrons. The lowest BCUT2D eigenvalue weighted by Crippen LogP contribution is -2.23. The summed E-state index contributed by atoms with van der Waals surface area (Å²) in [7, 11) is 0. The monoisotopic (exact) mass is 291 g/mol. The molecule has 0 spiro atoms. The maximum absolute atomic E-state index is 12.0. The fraction of sp³-hybridized carbons (Fsp3) is 0.444. The molecule has 8 nitrogen and oxygen atoms in total. The smallest absolute Gasteiger partial charge is 0.389 e. The van der Waals surface area contributed by atoms with Crippen molar-refractivity contribution in [2.24, 2.45) is 0 Å². The second-order valence-corrected chi connectivity index (χ2v) is 3.89. The summed E-state index contributed by atoms with van der Waals surface area (Å²) in [5.74, 6) is -1.65. The van der Waals surface area contributed by atoms with Crippen LogP contribution in [-0.4, -0.2) is 41.6 Å². The van der Waals surface area contributed by atoms with E-state index in [1.807, 2.05) is 0 Å². The predicted molar refractivity (Wildman–Crippen MR) is 57.3 cm³/mol. The van der Waals surface area contributed by atoms with Crippen molar-refractivity contribution >= 4 is 11.7 Å². The van der Waals surface area contributed by atoms with E-state index >= 15 is 0 Å². The number of aryl methyl sites for hydroxylation is 1. The summed E-state index contributed by atoms with van der Waals surface area (Å²) in [6.07, 6.45) is -4.44. The average Bonchev–Trinajstić information content (AvgIpc) is 2.69. The van der Waals surface area contributed by atoms with Crippen LogP contribution < -0.4 is 5.56 Å². The Bertz CT molecular complexity index is 705. The number of hydrogen-bond donors (Lipinski definition) is 1. The third-order valence-electron chi connectivity index (χ3n) is 2.38. The maximum Gasteiger partial charge on any atom is 0.389 e. The fourth-order valence-corrected chi connectivity index (χ4v) is 1.53. The Kier molecular flexibility index (Phi) is 3.42. The zero-order chi connectivity index (χ0) is 14.9. The first-order valence-corrected chi connectivity index (χ1v) is 5.40. The lowest BCUT2D eigenvalue weighted by molar-refractivity contribution is -0.135. The molecule has 0 radical (unpaired) electrons. The average molecular weight is 291 g/mol. The maximum atomic E-state index is 12.0. The van der Waals surface area contributed by atoms with Crippen LogP contribution in [0, 0.1) is 0 Å². The van der Waals surface area contributed by atoms with Crippen LogP contribution in [0.1, 0.15) is 23.3 Å². The van der Waals surface area contributed by atoms with Gasteiger partial charge in [-0.25, -0.2) is 9.48 Å². The molecular formula is C9H8F3N5O3. The number of nitrogens with zero attached hydrogens (tertiary/aromatic N) is 5. The minimum Gasteiger partial charge on any atom is -0.476 e. The highest BCUT2D eigenvalue weighted by atomic mass is 19.4. The van der Waals surface area contributed by atoms with Gasteiger partial charge in [0, 0.05) is 13.0 Å². The highest BCUT2D eigenvalue weighted by Gasteiger charge is 2.26. The van der Waals surface area contributed by atoms with E-state index in [0.29, 0.717) is 0 Å². The van der Waals surface area contributed by atoms with Crippen LogP contribution in [0.3, 0.4) is 0 Å². The SMILES string of the molecule is O=C(O)c1nn2cnn(CCCC(F)(F)F)c2nc1=O. The third kappa shape index (κ3) is 2.92. The molecule has 20 heavy (non-hydrogen) atoms. The molecule has 0 unspecified atom stereocenters. The van der Waals surface area contributed by atoms with E-state index in [1.165, 1.54) is 0 Å². The molecule has 1 N–H and O–H groups in total. The summed E-state index contributed by atoms with van der Waals surface area (Å²) < 4.78 is 38.1. The highest BCUT2D eigenvalue weighted by molar-refractivity contribution is 5.84. The van der Waals surface area contributed by atoms with Crippen molar-refractivity contribution in [3.05, 3.63) is 22.4 Å². The van der Waals surface area contributed by atoms with Gasteiger partial charge in [-0.1, -0.05) is 0 Å². The first-order chi connectivity index (χ1) is 9.28. The fourth-order valence-electron chi connectivity index (χ4n) is 1.53. The number of fused-ring (bicyclic) bond motifs is 1. The second-order valence-electron chi connectivity index (χ2n) is 3.89. The molecule has 0 aliphatic heterocycles. The Hall–Kier alpha value is -2.46. The molecule has 0 aromatic carbocycles. The number of aromatic nitrogens is 5. The minimum absolute atomic E-state index is 0.109. The van der Waals surface area contributed by atoms with E-state index in [-0.39, 0.29) is 18.7 Å². The van der Waals surface area contributed by atoms with Crippen molar-refractivity contribution < 1.29 is 23.1 Å². The summed E-state index contributed by atoms with van der Waals surface area (Å²) in [4.78, 5) is 25.5. The number of carboxylic acid groups (broad SMARTS) is 1. The van der Waals surface area contributed by atoms with Crippen molar-refractivity contribution in [2.75, 3.05) is 0 Å². The Morgan fingerprint density at radius 1 is 1.40 bits per heavy atom. The number of alkyl halides is 3. The quantitative estimate of drug-likeness (QED) is 0.870. The Morgan fingerprint density at radius 2 is 2.10 bits per heavy atom. The van der Waals surface area contributed by atoms with Gasteiger partial charge in [-0.15, -0.1) is 0 Å². The summed E-state index contributed by atoms with van der Waals surface area (Å²) in [6, 6.07) is 0. The molecule has 0 atom stereocenters. The summed E-state index contributed by atoms with van der Waals surface area (Å²) >= 11 is 0. The van der Waals surface area contributed by atoms with Crippen molar-refractivity contribution in [1.29, 1.82) is 0 Å². The van der Waals surface area contributed by atoms with Gasteiger partial charge in [-0.2, -0.15) is 32.9 Å². The van der Waals surface area contributed by atoms with Crippen molar-refractivity contribution in [1.82, 2.24) is 24.4 Å². The molecule has 0 aliphatic carbocycles. The van der Waals surface area contributed by atoms with Gasteiger partial charge >= 0.3 is 17.7 Å². The summed E-state index contributed by atoms with van der Waals surface area (Å²) in [5, 5.41) is 15.9.